The summed E-state index contributed by atoms with van der Waals surface area (Å²) in [5.41, 5.74) is 4.49. The Morgan fingerprint density at radius 1 is 1.13 bits per heavy atom. The number of urea groups is 1. The van der Waals surface area contributed by atoms with Crippen LogP contribution in [-0.4, -0.2) is 32.3 Å². The van der Waals surface area contributed by atoms with Crippen molar-refractivity contribution in [2.75, 3.05) is 17.2 Å². The van der Waals surface area contributed by atoms with Crippen molar-refractivity contribution in [2.45, 2.75) is 26.9 Å². The highest BCUT2D eigenvalue weighted by Gasteiger charge is 2.06. The quantitative estimate of drug-likeness (QED) is 0.425. The number of anilines is 2. The van der Waals surface area contributed by atoms with Crippen LogP contribution >= 0.6 is 0 Å². The minimum Gasteiger partial charge on any atom is -0.381 e. The normalized spacial score (nSPS) is 10.8. The summed E-state index contributed by atoms with van der Waals surface area (Å²) in [6, 6.07) is 14.2. The van der Waals surface area contributed by atoms with Crippen molar-refractivity contribution < 1.29 is 4.79 Å². The number of hydrogen-bond donors (Lipinski definition) is 3. The first-order valence-electron chi connectivity index (χ1n) is 10.2. The number of pyridine rings is 1. The van der Waals surface area contributed by atoms with Gasteiger partial charge in [-0.1, -0.05) is 24.3 Å². The molecule has 2 aromatic heterocycles. The van der Waals surface area contributed by atoms with Gasteiger partial charge in [0.15, 0.2) is 0 Å². The van der Waals surface area contributed by atoms with E-state index in [0.717, 1.165) is 22.0 Å². The van der Waals surface area contributed by atoms with E-state index in [-0.39, 0.29) is 6.03 Å². The molecule has 0 fully saturated rings. The highest BCUT2D eigenvalue weighted by atomic mass is 16.2. The van der Waals surface area contributed by atoms with Crippen LogP contribution in [0.2, 0.25) is 0 Å². The fourth-order valence-electron chi connectivity index (χ4n) is 3.48. The molecule has 0 unspecified atom stereocenters. The van der Waals surface area contributed by atoms with Gasteiger partial charge in [0.2, 0.25) is 0 Å². The molecule has 0 aliphatic heterocycles. The molecule has 2 heterocycles. The number of aryl methyl sites for hydroxylation is 1. The van der Waals surface area contributed by atoms with Crippen molar-refractivity contribution in [2.24, 2.45) is 0 Å². The molecule has 31 heavy (non-hydrogen) atoms. The molecule has 0 radical (unpaired) electrons. The SMILES string of the molecule is CCNC(=O)Nc1cc2cc(NCc3cccc(Cn4cncn4)c3)cc(C)c2cn1. The van der Waals surface area contributed by atoms with Crippen LogP contribution in [0.4, 0.5) is 16.3 Å². The van der Waals surface area contributed by atoms with Crippen molar-refractivity contribution in [1.29, 1.82) is 0 Å². The molecule has 4 aromatic rings. The van der Waals surface area contributed by atoms with Crippen molar-refractivity contribution in [3.63, 3.8) is 0 Å². The Hall–Kier alpha value is -3.94. The van der Waals surface area contributed by atoms with Crippen LogP contribution in [0.15, 0.2) is 61.3 Å². The Morgan fingerprint density at radius 2 is 2.00 bits per heavy atom. The van der Waals surface area contributed by atoms with Crippen LogP contribution in [0.5, 0.6) is 0 Å². The predicted octanol–water partition coefficient (Wildman–Crippen LogP) is 3.94. The number of amides is 2. The van der Waals surface area contributed by atoms with E-state index in [4.69, 9.17) is 0 Å². The number of fused-ring (bicyclic) bond motifs is 1. The van der Waals surface area contributed by atoms with Crippen molar-refractivity contribution in [3.05, 3.63) is 78.0 Å². The van der Waals surface area contributed by atoms with E-state index in [9.17, 15) is 4.79 Å². The van der Waals surface area contributed by atoms with E-state index in [1.807, 2.05) is 13.0 Å². The lowest BCUT2D eigenvalue weighted by atomic mass is 10.1. The van der Waals surface area contributed by atoms with Crippen LogP contribution in [0.3, 0.4) is 0 Å². The number of nitrogens with one attached hydrogen (secondary N) is 3. The van der Waals surface area contributed by atoms with Crippen LogP contribution in [0.25, 0.3) is 10.8 Å². The molecule has 0 bridgehead atoms. The van der Waals surface area contributed by atoms with Crippen molar-refractivity contribution in [1.82, 2.24) is 25.1 Å². The molecule has 2 amide bonds. The standard InChI is InChI=1S/C23H25N7O/c1-3-25-23(31)29-22-10-19-9-20(7-16(2)21(19)12-27-22)26-11-17-5-4-6-18(8-17)13-30-15-24-14-28-30/h4-10,12,14-15,26H,3,11,13H2,1-2H3,(H2,25,27,29,31). The molecule has 4 rings (SSSR count). The summed E-state index contributed by atoms with van der Waals surface area (Å²) in [7, 11) is 0. The Balaban J connectivity index is 1.48. The zero-order chi connectivity index (χ0) is 21.6. The van der Waals surface area contributed by atoms with E-state index in [0.29, 0.717) is 25.5 Å². The molecule has 0 spiro atoms. The summed E-state index contributed by atoms with van der Waals surface area (Å²) in [6.45, 7) is 5.89. The average Bonchev–Trinajstić information content (AvgIpc) is 3.25. The molecule has 8 nitrogen and oxygen atoms in total. The minimum absolute atomic E-state index is 0.258. The summed E-state index contributed by atoms with van der Waals surface area (Å²) in [5, 5.41) is 15.2. The Bertz CT molecular complexity index is 1190. The molecule has 0 saturated heterocycles. The predicted molar refractivity (Wildman–Crippen MR) is 122 cm³/mol. The topological polar surface area (TPSA) is 96.8 Å². The van der Waals surface area contributed by atoms with Crippen LogP contribution < -0.4 is 16.0 Å². The molecular formula is C23H25N7O. The molecular weight excluding hydrogens is 390 g/mol. The molecule has 2 aromatic carbocycles. The fourth-order valence-corrected chi connectivity index (χ4v) is 3.48. The molecule has 3 N–H and O–H groups in total. The zero-order valence-corrected chi connectivity index (χ0v) is 17.6. The summed E-state index contributed by atoms with van der Waals surface area (Å²) < 4.78 is 1.81. The second kappa shape index (κ2) is 9.25. The van der Waals surface area contributed by atoms with Crippen molar-refractivity contribution >= 4 is 28.3 Å². The lowest BCUT2D eigenvalue weighted by molar-refractivity contribution is 0.252. The van der Waals surface area contributed by atoms with E-state index in [1.54, 1.807) is 23.5 Å². The van der Waals surface area contributed by atoms with Gasteiger partial charge in [0, 0.05) is 30.4 Å². The lowest BCUT2D eigenvalue weighted by Crippen LogP contribution is -2.28. The first-order valence-corrected chi connectivity index (χ1v) is 10.2. The first kappa shape index (κ1) is 20.3. The minimum atomic E-state index is -0.258. The number of nitrogens with zero attached hydrogens (tertiary/aromatic N) is 4. The maximum atomic E-state index is 11.8. The maximum absolute atomic E-state index is 11.8. The smallest absolute Gasteiger partial charge is 0.320 e. The monoisotopic (exact) mass is 415 g/mol. The van der Waals surface area contributed by atoms with Gasteiger partial charge in [-0.2, -0.15) is 5.10 Å². The molecule has 0 aliphatic carbocycles. The number of hydrogen-bond acceptors (Lipinski definition) is 5. The van der Waals surface area contributed by atoms with Gasteiger partial charge < -0.3 is 10.6 Å². The summed E-state index contributed by atoms with van der Waals surface area (Å²) >= 11 is 0. The van der Waals surface area contributed by atoms with Gasteiger partial charge in [0.1, 0.15) is 18.5 Å². The molecule has 0 aliphatic rings. The van der Waals surface area contributed by atoms with Gasteiger partial charge in [-0.3, -0.25) is 5.32 Å². The van der Waals surface area contributed by atoms with E-state index >= 15 is 0 Å². The largest absolute Gasteiger partial charge is 0.381 e. The van der Waals surface area contributed by atoms with E-state index in [2.05, 4.69) is 74.3 Å². The summed E-state index contributed by atoms with van der Waals surface area (Å²) in [4.78, 5) is 20.1. The van der Waals surface area contributed by atoms with E-state index in [1.165, 1.54) is 11.1 Å². The summed E-state index contributed by atoms with van der Waals surface area (Å²) in [5.74, 6) is 0.524. The third-order valence-electron chi connectivity index (χ3n) is 4.92. The van der Waals surface area contributed by atoms with Gasteiger partial charge in [-0.15, -0.1) is 0 Å². The van der Waals surface area contributed by atoms with Crippen LogP contribution in [0.1, 0.15) is 23.6 Å². The highest BCUT2D eigenvalue weighted by Crippen LogP contribution is 2.25. The van der Waals surface area contributed by atoms with Crippen LogP contribution in [-0.2, 0) is 13.1 Å². The van der Waals surface area contributed by atoms with Gasteiger partial charge in [0.25, 0.3) is 0 Å². The molecule has 8 heteroatoms. The van der Waals surface area contributed by atoms with Gasteiger partial charge in [-0.05, 0) is 54.1 Å². The third-order valence-corrected chi connectivity index (χ3v) is 4.92. The highest BCUT2D eigenvalue weighted by molar-refractivity contribution is 5.94. The lowest BCUT2D eigenvalue weighted by Gasteiger charge is -2.12. The van der Waals surface area contributed by atoms with Gasteiger partial charge in [-0.25, -0.2) is 19.4 Å². The molecule has 0 atom stereocenters. The fraction of sp³-hybridized carbons (Fsp3) is 0.217. The maximum Gasteiger partial charge on any atom is 0.320 e. The van der Waals surface area contributed by atoms with E-state index < -0.39 is 0 Å². The third kappa shape index (κ3) is 5.16. The molecule has 158 valence electrons. The average molecular weight is 416 g/mol. The second-order valence-corrected chi connectivity index (χ2v) is 7.33. The Morgan fingerprint density at radius 3 is 2.81 bits per heavy atom. The molecule has 0 saturated carbocycles. The summed E-state index contributed by atoms with van der Waals surface area (Å²) in [6.07, 6.45) is 5.05. The van der Waals surface area contributed by atoms with Gasteiger partial charge >= 0.3 is 6.03 Å². The zero-order valence-electron chi connectivity index (χ0n) is 17.6. The number of carbonyl (C=O) groups is 1. The Kier molecular flexibility index (Phi) is 6.07. The Labute approximate surface area is 180 Å². The van der Waals surface area contributed by atoms with Crippen LogP contribution in [0, 0.1) is 6.92 Å². The number of rotatable bonds is 7. The second-order valence-electron chi connectivity index (χ2n) is 7.33. The number of benzene rings is 2. The number of carbonyl (C=O) groups excluding carboxylic acids is 1. The number of aromatic nitrogens is 4. The first-order chi connectivity index (χ1) is 15.1. The van der Waals surface area contributed by atoms with Crippen molar-refractivity contribution in [3.8, 4) is 0 Å². The van der Waals surface area contributed by atoms with Gasteiger partial charge in [0.05, 0.1) is 6.54 Å².